The number of rotatable bonds is 3. The van der Waals surface area contributed by atoms with Gasteiger partial charge in [-0.25, -0.2) is 13.8 Å². The molecule has 1 saturated carbocycles. The molecule has 6 heteroatoms. The summed E-state index contributed by atoms with van der Waals surface area (Å²) in [6.45, 7) is 0.112. The first-order chi connectivity index (χ1) is 11.5. The van der Waals surface area contributed by atoms with E-state index >= 15 is 0 Å². The van der Waals surface area contributed by atoms with Crippen molar-refractivity contribution in [3.8, 4) is 11.1 Å². The molecule has 0 atom stereocenters. The number of aromatic nitrogens is 1. The summed E-state index contributed by atoms with van der Waals surface area (Å²) in [6.07, 6.45) is 1.16. The molecule has 1 aliphatic carbocycles. The number of nitrogens with two attached hydrogens (primary N) is 1. The molecule has 1 aliphatic heterocycles. The Hall–Kier alpha value is -2.50. The van der Waals surface area contributed by atoms with Crippen molar-refractivity contribution in [2.24, 2.45) is 0 Å². The maximum Gasteiger partial charge on any atom is 0.254 e. The number of anilines is 1. The van der Waals surface area contributed by atoms with Crippen LogP contribution in [0.2, 0.25) is 0 Å². The third kappa shape index (κ3) is 2.72. The number of alkyl halides is 1. The van der Waals surface area contributed by atoms with E-state index in [4.69, 9.17) is 5.73 Å². The first kappa shape index (κ1) is 15.1. The van der Waals surface area contributed by atoms with E-state index in [1.807, 2.05) is 6.07 Å². The van der Waals surface area contributed by atoms with Crippen LogP contribution in [0.1, 0.15) is 34.8 Å². The summed E-state index contributed by atoms with van der Waals surface area (Å²) in [7, 11) is 0. The third-order valence-electron chi connectivity index (χ3n) is 4.51. The lowest BCUT2D eigenvalue weighted by Gasteiger charge is -2.34. The number of amides is 1. The molecule has 1 aromatic heterocycles. The van der Waals surface area contributed by atoms with E-state index in [9.17, 15) is 13.6 Å². The minimum Gasteiger partial charge on any atom is -0.384 e. The largest absolute Gasteiger partial charge is 0.384 e. The highest BCUT2D eigenvalue weighted by molar-refractivity contribution is 6.01. The van der Waals surface area contributed by atoms with Crippen molar-refractivity contribution in [2.75, 3.05) is 18.8 Å². The number of hydrogen-bond donors (Lipinski definition) is 1. The Labute approximate surface area is 138 Å². The average molecular weight is 329 g/mol. The number of carbonyl (C=O) groups is 1. The van der Waals surface area contributed by atoms with Crippen molar-refractivity contribution in [1.29, 1.82) is 0 Å². The number of carbonyl (C=O) groups excluding carboxylic acids is 1. The molecule has 2 heterocycles. The Morgan fingerprint density at radius 1 is 1.21 bits per heavy atom. The van der Waals surface area contributed by atoms with Gasteiger partial charge in [0.1, 0.15) is 17.8 Å². The summed E-state index contributed by atoms with van der Waals surface area (Å²) in [5.74, 6) is -0.0648. The molecule has 0 radical (unpaired) electrons. The molecule has 0 unspecified atom stereocenters. The lowest BCUT2D eigenvalue weighted by Crippen LogP contribution is -2.51. The number of likely N-dealkylation sites (tertiary alicyclic amines) is 1. The molecule has 2 aromatic rings. The van der Waals surface area contributed by atoms with Crippen molar-refractivity contribution in [3.05, 3.63) is 47.4 Å². The van der Waals surface area contributed by atoms with Gasteiger partial charge in [-0.2, -0.15) is 0 Å². The van der Waals surface area contributed by atoms with Gasteiger partial charge >= 0.3 is 0 Å². The minimum atomic E-state index is -0.996. The molecule has 0 bridgehead atoms. The topological polar surface area (TPSA) is 59.2 Å². The molecule has 0 spiro atoms. The lowest BCUT2D eigenvalue weighted by atomic mass is 9.97. The molecule has 2 fully saturated rings. The number of hydrogen-bond acceptors (Lipinski definition) is 3. The van der Waals surface area contributed by atoms with Crippen molar-refractivity contribution in [2.45, 2.75) is 24.9 Å². The van der Waals surface area contributed by atoms with Gasteiger partial charge in [-0.3, -0.25) is 4.79 Å². The number of nitrogens with zero attached hydrogens (tertiary/aromatic N) is 2. The first-order valence-corrected chi connectivity index (χ1v) is 8.02. The van der Waals surface area contributed by atoms with Gasteiger partial charge in [0, 0.05) is 11.6 Å². The number of benzene rings is 1. The van der Waals surface area contributed by atoms with Crippen LogP contribution >= 0.6 is 0 Å². The summed E-state index contributed by atoms with van der Waals surface area (Å²) in [5.41, 5.74) is 8.38. The predicted octanol–water partition coefficient (Wildman–Crippen LogP) is 3.14. The smallest absolute Gasteiger partial charge is 0.254 e. The van der Waals surface area contributed by atoms with Crippen molar-refractivity contribution in [3.63, 3.8) is 0 Å². The summed E-state index contributed by atoms with van der Waals surface area (Å²) < 4.78 is 26.8. The number of halogens is 2. The van der Waals surface area contributed by atoms with E-state index in [1.54, 1.807) is 12.1 Å². The fraction of sp³-hybridized carbons (Fsp3) is 0.333. The zero-order chi connectivity index (χ0) is 16.8. The standard InChI is InChI=1S/C18H17F2N3O/c19-12-3-4-14(15(7-12)18(24)23-8-13(20)9-23)11-5-16(10-1-2-10)22-17(21)6-11/h3-7,10,13H,1-2,8-9H2,(H2,21,22). The van der Waals surface area contributed by atoms with Gasteiger partial charge in [-0.15, -0.1) is 0 Å². The van der Waals surface area contributed by atoms with Crippen LogP contribution in [-0.2, 0) is 0 Å². The maximum atomic E-state index is 13.7. The fourth-order valence-corrected chi connectivity index (χ4v) is 3.02. The van der Waals surface area contributed by atoms with Gasteiger partial charge in [0.05, 0.1) is 18.7 Å². The van der Waals surface area contributed by atoms with Gasteiger partial charge in [0.15, 0.2) is 0 Å². The lowest BCUT2D eigenvalue weighted by molar-refractivity contribution is 0.0400. The van der Waals surface area contributed by atoms with Crippen LogP contribution in [0.5, 0.6) is 0 Å². The zero-order valence-corrected chi connectivity index (χ0v) is 13.0. The quantitative estimate of drug-likeness (QED) is 0.941. The van der Waals surface area contributed by atoms with Crippen molar-refractivity contribution >= 4 is 11.7 Å². The Bertz CT molecular complexity index is 814. The number of nitrogen functional groups attached to an aromatic ring is 1. The van der Waals surface area contributed by atoms with Crippen LogP contribution in [-0.4, -0.2) is 35.1 Å². The highest BCUT2D eigenvalue weighted by Crippen LogP contribution is 2.41. The SMILES string of the molecule is Nc1cc(-c2ccc(F)cc2C(=O)N2CC(F)C2)cc(C2CC2)n1. The van der Waals surface area contributed by atoms with Gasteiger partial charge in [0.2, 0.25) is 0 Å². The predicted molar refractivity (Wildman–Crippen MR) is 86.8 cm³/mol. The Kier molecular flexibility index (Phi) is 3.48. The maximum absolute atomic E-state index is 13.7. The van der Waals surface area contributed by atoms with Crippen LogP contribution in [0.25, 0.3) is 11.1 Å². The third-order valence-corrected chi connectivity index (χ3v) is 4.51. The molecule has 24 heavy (non-hydrogen) atoms. The molecule has 1 amide bonds. The average Bonchev–Trinajstić information content (AvgIpc) is 3.35. The molecule has 1 aromatic carbocycles. The molecular formula is C18H17F2N3O. The second-order valence-electron chi connectivity index (χ2n) is 6.48. The summed E-state index contributed by atoms with van der Waals surface area (Å²) in [6, 6.07) is 7.68. The minimum absolute atomic E-state index is 0.0561. The van der Waals surface area contributed by atoms with Crippen molar-refractivity contribution < 1.29 is 13.6 Å². The molecule has 4 rings (SSSR count). The van der Waals surface area contributed by atoms with E-state index in [1.165, 1.54) is 17.0 Å². The highest BCUT2D eigenvalue weighted by atomic mass is 19.1. The van der Waals surface area contributed by atoms with Crippen molar-refractivity contribution in [1.82, 2.24) is 9.88 Å². The van der Waals surface area contributed by atoms with Crippen LogP contribution < -0.4 is 5.73 Å². The summed E-state index contributed by atoms with van der Waals surface area (Å²) in [5, 5.41) is 0. The van der Waals surface area contributed by atoms with Gasteiger partial charge in [-0.05, 0) is 48.2 Å². The normalized spacial score (nSPS) is 17.7. The monoisotopic (exact) mass is 329 g/mol. The van der Waals surface area contributed by atoms with Crippen LogP contribution in [0, 0.1) is 5.82 Å². The van der Waals surface area contributed by atoms with E-state index in [0.717, 1.165) is 24.1 Å². The van der Waals surface area contributed by atoms with Crippen LogP contribution in [0.3, 0.4) is 0 Å². The number of pyridine rings is 1. The Morgan fingerprint density at radius 3 is 2.62 bits per heavy atom. The highest BCUT2D eigenvalue weighted by Gasteiger charge is 2.32. The summed E-state index contributed by atoms with van der Waals surface area (Å²) >= 11 is 0. The second-order valence-corrected chi connectivity index (χ2v) is 6.48. The van der Waals surface area contributed by atoms with E-state index < -0.39 is 12.0 Å². The van der Waals surface area contributed by atoms with E-state index in [-0.39, 0.29) is 24.6 Å². The second kappa shape index (κ2) is 5.54. The molecule has 4 nitrogen and oxygen atoms in total. The molecule has 1 saturated heterocycles. The summed E-state index contributed by atoms with van der Waals surface area (Å²) in [4.78, 5) is 18.3. The Balaban J connectivity index is 1.76. The fourth-order valence-electron chi connectivity index (χ4n) is 3.02. The molecule has 124 valence electrons. The van der Waals surface area contributed by atoms with Crippen LogP contribution in [0.4, 0.5) is 14.6 Å². The van der Waals surface area contributed by atoms with E-state index in [0.29, 0.717) is 17.3 Å². The zero-order valence-electron chi connectivity index (χ0n) is 13.0. The van der Waals surface area contributed by atoms with Gasteiger partial charge < -0.3 is 10.6 Å². The molecular weight excluding hydrogens is 312 g/mol. The van der Waals surface area contributed by atoms with Crippen LogP contribution in [0.15, 0.2) is 30.3 Å². The molecule has 2 aliphatic rings. The van der Waals surface area contributed by atoms with E-state index in [2.05, 4.69) is 4.98 Å². The van der Waals surface area contributed by atoms with Gasteiger partial charge in [0.25, 0.3) is 5.91 Å². The molecule has 2 N–H and O–H groups in total. The van der Waals surface area contributed by atoms with Gasteiger partial charge in [-0.1, -0.05) is 6.07 Å². The first-order valence-electron chi connectivity index (χ1n) is 8.02. The Morgan fingerprint density at radius 2 is 1.96 bits per heavy atom.